The first-order valence-electron chi connectivity index (χ1n) is 8.11. The number of nitrogens with zero attached hydrogens (tertiary/aromatic N) is 2. The molecule has 0 fully saturated rings. The van der Waals surface area contributed by atoms with Gasteiger partial charge in [-0.2, -0.15) is 0 Å². The fourth-order valence-electron chi connectivity index (χ4n) is 2.38. The van der Waals surface area contributed by atoms with Crippen molar-refractivity contribution in [3.05, 3.63) is 65.7 Å². The second-order valence-electron chi connectivity index (χ2n) is 6.84. The third-order valence-electron chi connectivity index (χ3n) is 3.80. The summed E-state index contributed by atoms with van der Waals surface area (Å²) in [6.45, 7) is 6.46. The maximum absolute atomic E-state index is 11.9. The Morgan fingerprint density at radius 2 is 1.68 bits per heavy atom. The zero-order valence-electron chi connectivity index (χ0n) is 14.5. The van der Waals surface area contributed by atoms with Crippen LogP contribution in [0.1, 0.15) is 31.9 Å². The van der Waals surface area contributed by atoms with Crippen LogP contribution in [-0.2, 0) is 16.6 Å². The van der Waals surface area contributed by atoms with Crippen LogP contribution in [0.4, 0.5) is 0 Å². The second-order valence-corrected chi connectivity index (χ2v) is 6.84. The molecule has 3 aromatic rings. The summed E-state index contributed by atoms with van der Waals surface area (Å²) < 4.78 is 10.6. The van der Waals surface area contributed by atoms with Gasteiger partial charge in [-0.05, 0) is 28.7 Å². The van der Waals surface area contributed by atoms with Crippen LogP contribution in [0, 0.1) is 0 Å². The summed E-state index contributed by atoms with van der Waals surface area (Å²) in [5.41, 5.74) is 2.94. The predicted molar refractivity (Wildman–Crippen MR) is 94.2 cm³/mol. The molecule has 0 saturated carbocycles. The summed E-state index contributed by atoms with van der Waals surface area (Å²) in [7, 11) is 0. The molecule has 0 atom stereocenters. The molecule has 0 bridgehead atoms. The number of carbonyl (C=O) groups is 1. The molecule has 2 aromatic carbocycles. The molecule has 128 valence electrons. The molecule has 0 saturated heterocycles. The molecule has 0 radical (unpaired) electrons. The van der Waals surface area contributed by atoms with Gasteiger partial charge in [0.25, 0.3) is 5.89 Å². The molecular weight excluding hydrogens is 316 g/mol. The van der Waals surface area contributed by atoms with E-state index in [-0.39, 0.29) is 17.9 Å². The Morgan fingerprint density at radius 1 is 1.00 bits per heavy atom. The van der Waals surface area contributed by atoms with Crippen LogP contribution in [0.25, 0.3) is 11.5 Å². The molecule has 1 heterocycles. The van der Waals surface area contributed by atoms with Crippen LogP contribution < -0.4 is 4.74 Å². The van der Waals surface area contributed by atoms with E-state index >= 15 is 0 Å². The van der Waals surface area contributed by atoms with Crippen molar-refractivity contribution >= 4 is 5.97 Å². The molecule has 0 aliphatic rings. The number of ether oxygens (including phenoxy) is 1. The molecule has 5 nitrogen and oxygen atoms in total. The highest BCUT2D eigenvalue weighted by atomic mass is 16.6. The topological polar surface area (TPSA) is 65.2 Å². The van der Waals surface area contributed by atoms with E-state index in [9.17, 15) is 4.79 Å². The van der Waals surface area contributed by atoms with E-state index in [4.69, 9.17) is 9.15 Å². The SMILES string of the molecule is CC(C)(C)c1ccc(-c2nnc(OC(=O)Cc3ccccc3)o2)cc1. The third kappa shape index (κ3) is 4.32. The Balaban J connectivity index is 1.67. The number of benzene rings is 2. The smallest absolute Gasteiger partial charge is 0.388 e. The van der Waals surface area contributed by atoms with Gasteiger partial charge in [0.15, 0.2) is 0 Å². The Morgan fingerprint density at radius 3 is 2.32 bits per heavy atom. The lowest BCUT2D eigenvalue weighted by Crippen LogP contribution is -2.11. The molecule has 0 N–H and O–H groups in total. The minimum absolute atomic E-state index is 0.0749. The summed E-state index contributed by atoms with van der Waals surface area (Å²) in [6, 6.07) is 17.2. The van der Waals surface area contributed by atoms with Crippen LogP contribution in [0.15, 0.2) is 59.0 Å². The van der Waals surface area contributed by atoms with Crippen molar-refractivity contribution in [2.45, 2.75) is 32.6 Å². The summed E-state index contributed by atoms with van der Waals surface area (Å²) in [6.07, 6.45) is 0.00887. The van der Waals surface area contributed by atoms with Gasteiger partial charge in [-0.3, -0.25) is 4.79 Å². The molecule has 0 spiro atoms. The van der Waals surface area contributed by atoms with Gasteiger partial charge in [0.2, 0.25) is 0 Å². The van der Waals surface area contributed by atoms with E-state index in [0.29, 0.717) is 5.89 Å². The average molecular weight is 336 g/mol. The lowest BCUT2D eigenvalue weighted by atomic mass is 9.87. The van der Waals surface area contributed by atoms with Crippen LogP contribution in [0.5, 0.6) is 6.08 Å². The predicted octanol–water partition coefficient (Wildman–Crippen LogP) is 4.18. The van der Waals surface area contributed by atoms with Gasteiger partial charge in [0, 0.05) is 5.56 Å². The fraction of sp³-hybridized carbons (Fsp3) is 0.250. The Bertz CT molecular complexity index is 847. The van der Waals surface area contributed by atoms with Crippen molar-refractivity contribution in [3.8, 4) is 17.5 Å². The van der Waals surface area contributed by atoms with Gasteiger partial charge in [-0.1, -0.05) is 68.3 Å². The molecule has 0 aliphatic carbocycles. The molecular formula is C20H20N2O3. The second kappa shape index (κ2) is 6.89. The molecule has 1 aromatic heterocycles. The van der Waals surface area contributed by atoms with Gasteiger partial charge in [0.1, 0.15) is 0 Å². The zero-order valence-corrected chi connectivity index (χ0v) is 14.5. The van der Waals surface area contributed by atoms with E-state index in [1.54, 1.807) is 0 Å². The van der Waals surface area contributed by atoms with Gasteiger partial charge in [0.05, 0.1) is 6.42 Å². The Kier molecular flexibility index (Phi) is 4.65. The molecule has 0 aliphatic heterocycles. The first-order chi connectivity index (χ1) is 11.9. The van der Waals surface area contributed by atoms with Crippen molar-refractivity contribution < 1.29 is 13.9 Å². The summed E-state index contributed by atoms with van der Waals surface area (Å²) >= 11 is 0. The standard InChI is InChI=1S/C20H20N2O3/c1-20(2,3)16-11-9-15(10-12-16)18-21-22-19(25-18)24-17(23)13-14-7-5-4-6-8-14/h4-12H,13H2,1-3H3. The first-order valence-corrected chi connectivity index (χ1v) is 8.11. The highest BCUT2D eigenvalue weighted by Crippen LogP contribution is 2.26. The van der Waals surface area contributed by atoms with E-state index in [1.165, 1.54) is 5.56 Å². The average Bonchev–Trinajstić information content (AvgIpc) is 3.03. The first kappa shape index (κ1) is 16.9. The summed E-state index contributed by atoms with van der Waals surface area (Å²) in [4.78, 5) is 11.9. The van der Waals surface area contributed by atoms with Crippen molar-refractivity contribution in [2.75, 3.05) is 0 Å². The Hall–Kier alpha value is -2.95. The van der Waals surface area contributed by atoms with Crippen LogP contribution >= 0.6 is 0 Å². The number of rotatable bonds is 4. The van der Waals surface area contributed by atoms with Crippen molar-refractivity contribution in [3.63, 3.8) is 0 Å². The van der Waals surface area contributed by atoms with E-state index in [2.05, 4.69) is 31.0 Å². The number of hydrogen-bond donors (Lipinski definition) is 0. The molecule has 0 unspecified atom stereocenters. The van der Waals surface area contributed by atoms with Crippen molar-refractivity contribution in [1.29, 1.82) is 0 Å². The maximum Gasteiger partial charge on any atom is 0.422 e. The van der Waals surface area contributed by atoms with E-state index in [1.807, 2.05) is 54.6 Å². The molecule has 5 heteroatoms. The van der Waals surface area contributed by atoms with Crippen molar-refractivity contribution in [1.82, 2.24) is 10.2 Å². The number of hydrogen-bond acceptors (Lipinski definition) is 5. The number of esters is 1. The van der Waals surface area contributed by atoms with Crippen LogP contribution in [0.3, 0.4) is 0 Å². The molecule has 0 amide bonds. The highest BCUT2D eigenvalue weighted by molar-refractivity contribution is 5.74. The van der Waals surface area contributed by atoms with E-state index in [0.717, 1.165) is 11.1 Å². The largest absolute Gasteiger partial charge is 0.422 e. The zero-order chi connectivity index (χ0) is 17.9. The minimum Gasteiger partial charge on any atom is -0.388 e. The minimum atomic E-state index is -0.440. The normalized spacial score (nSPS) is 11.3. The van der Waals surface area contributed by atoms with Gasteiger partial charge >= 0.3 is 12.0 Å². The maximum atomic E-state index is 11.9. The quantitative estimate of drug-likeness (QED) is 0.669. The molecule has 3 rings (SSSR count). The Labute approximate surface area is 146 Å². The summed E-state index contributed by atoms with van der Waals surface area (Å²) in [5.74, 6) is -0.118. The van der Waals surface area contributed by atoms with Crippen LogP contribution in [0.2, 0.25) is 0 Å². The number of aromatic nitrogens is 2. The van der Waals surface area contributed by atoms with Gasteiger partial charge in [-0.15, -0.1) is 5.10 Å². The van der Waals surface area contributed by atoms with E-state index < -0.39 is 5.97 Å². The van der Waals surface area contributed by atoms with Gasteiger partial charge in [-0.25, -0.2) is 0 Å². The molecule has 25 heavy (non-hydrogen) atoms. The number of carbonyl (C=O) groups excluding carboxylic acids is 1. The monoisotopic (exact) mass is 336 g/mol. The third-order valence-corrected chi connectivity index (χ3v) is 3.80. The summed E-state index contributed by atoms with van der Waals surface area (Å²) in [5, 5.41) is 7.73. The van der Waals surface area contributed by atoms with Crippen LogP contribution in [-0.4, -0.2) is 16.2 Å². The lowest BCUT2D eigenvalue weighted by Gasteiger charge is -2.18. The van der Waals surface area contributed by atoms with Crippen molar-refractivity contribution in [2.24, 2.45) is 0 Å². The highest BCUT2D eigenvalue weighted by Gasteiger charge is 2.16. The lowest BCUT2D eigenvalue weighted by molar-refractivity contribution is -0.135. The van der Waals surface area contributed by atoms with Gasteiger partial charge < -0.3 is 9.15 Å². The fourth-order valence-corrected chi connectivity index (χ4v) is 2.38.